The van der Waals surface area contributed by atoms with Crippen molar-refractivity contribution in [3.05, 3.63) is 42.2 Å². The lowest BCUT2D eigenvalue weighted by molar-refractivity contribution is -0.125. The molecule has 2 atom stereocenters. The van der Waals surface area contributed by atoms with E-state index in [1.807, 2.05) is 32.8 Å². The van der Waals surface area contributed by atoms with Crippen LogP contribution >= 0.6 is 0 Å². The van der Waals surface area contributed by atoms with Crippen LogP contribution in [0, 0.1) is 17.3 Å². The fraction of sp³-hybridized carbons (Fsp3) is 0.538. The van der Waals surface area contributed by atoms with Crippen molar-refractivity contribution in [3.8, 4) is 5.75 Å². The van der Waals surface area contributed by atoms with Gasteiger partial charge in [0.25, 0.3) is 5.91 Å². The Kier molecular flexibility index (Phi) is 6.01. The molecule has 1 saturated carbocycles. The summed E-state index contributed by atoms with van der Waals surface area (Å²) >= 11 is 0. The van der Waals surface area contributed by atoms with Crippen LogP contribution < -0.4 is 14.5 Å². The summed E-state index contributed by atoms with van der Waals surface area (Å²) in [6.45, 7) is 5.88. The molecule has 3 fully saturated rings. The fourth-order valence-electron chi connectivity index (χ4n) is 4.79. The maximum Gasteiger partial charge on any atom is 0.268 e. The van der Waals surface area contributed by atoms with Gasteiger partial charge < -0.3 is 19.6 Å². The van der Waals surface area contributed by atoms with E-state index in [1.165, 1.54) is 0 Å². The van der Waals surface area contributed by atoms with Crippen LogP contribution in [-0.4, -0.2) is 77.7 Å². The number of hydrogen-bond acceptors (Lipinski definition) is 8. The second-order valence-electron chi connectivity index (χ2n) is 10.9. The molecule has 2 aliphatic heterocycles. The van der Waals surface area contributed by atoms with Crippen molar-refractivity contribution in [2.75, 3.05) is 43.5 Å². The maximum atomic E-state index is 13.3. The van der Waals surface area contributed by atoms with Crippen LogP contribution in [0.3, 0.4) is 0 Å². The monoisotopic (exact) mass is 479 g/mol. The quantitative estimate of drug-likeness (QED) is 0.455. The lowest BCUT2D eigenvalue weighted by atomic mass is 9.89. The van der Waals surface area contributed by atoms with Gasteiger partial charge in [0.1, 0.15) is 12.0 Å². The minimum absolute atomic E-state index is 0.136. The summed E-state index contributed by atoms with van der Waals surface area (Å²) in [4.78, 5) is 40.0. The van der Waals surface area contributed by atoms with Gasteiger partial charge in [0, 0.05) is 42.4 Å². The number of Topliss-reactive ketones (excluding diaryl/α,β-unsaturated/α-hetero) is 1. The highest BCUT2D eigenvalue weighted by molar-refractivity contribution is 6.00. The van der Waals surface area contributed by atoms with Gasteiger partial charge in [-0.15, -0.1) is 0 Å². The first-order valence-corrected chi connectivity index (χ1v) is 12.2. The van der Waals surface area contributed by atoms with Gasteiger partial charge in [-0.3, -0.25) is 14.5 Å². The Hall–Kier alpha value is -3.04. The lowest BCUT2D eigenvalue weighted by Gasteiger charge is -2.43. The molecule has 1 aromatic heterocycles. The van der Waals surface area contributed by atoms with Crippen LogP contribution in [0.1, 0.15) is 37.0 Å². The Morgan fingerprint density at radius 1 is 1.14 bits per heavy atom. The molecule has 2 aromatic rings. The number of anilines is 2. The first kappa shape index (κ1) is 23.7. The van der Waals surface area contributed by atoms with E-state index in [9.17, 15) is 14.7 Å². The molecule has 0 spiro atoms. The van der Waals surface area contributed by atoms with Crippen LogP contribution in [-0.2, 0) is 4.79 Å². The van der Waals surface area contributed by atoms with Crippen LogP contribution in [0.15, 0.2) is 36.7 Å². The number of ketones is 1. The molecule has 5 rings (SSSR count). The Balaban J connectivity index is 1.23. The van der Waals surface area contributed by atoms with E-state index in [0.29, 0.717) is 42.6 Å². The molecule has 9 nitrogen and oxygen atoms in total. The summed E-state index contributed by atoms with van der Waals surface area (Å²) < 4.78 is 6.13. The van der Waals surface area contributed by atoms with Gasteiger partial charge in [0.15, 0.2) is 11.9 Å². The lowest BCUT2D eigenvalue weighted by Crippen LogP contribution is -2.56. The molecule has 9 heteroatoms. The summed E-state index contributed by atoms with van der Waals surface area (Å²) in [5.74, 6) is 1.55. The van der Waals surface area contributed by atoms with Crippen LogP contribution in [0.4, 0.5) is 11.6 Å². The van der Waals surface area contributed by atoms with E-state index < -0.39 is 17.7 Å². The number of amides is 1. The molecule has 0 bridgehead atoms. The van der Waals surface area contributed by atoms with Gasteiger partial charge in [-0.1, -0.05) is 13.8 Å². The molecule has 35 heavy (non-hydrogen) atoms. The second kappa shape index (κ2) is 8.87. The Morgan fingerprint density at radius 3 is 2.34 bits per heavy atom. The van der Waals surface area contributed by atoms with Crippen molar-refractivity contribution < 1.29 is 19.4 Å². The molecule has 1 aliphatic carbocycles. The zero-order valence-corrected chi connectivity index (χ0v) is 20.7. The number of benzene rings is 1. The average Bonchev–Trinajstić information content (AvgIpc) is 3.62. The van der Waals surface area contributed by atoms with Gasteiger partial charge in [0.2, 0.25) is 5.95 Å². The number of rotatable bonds is 8. The maximum absolute atomic E-state index is 13.3. The van der Waals surface area contributed by atoms with Crippen molar-refractivity contribution in [3.63, 3.8) is 0 Å². The summed E-state index contributed by atoms with van der Waals surface area (Å²) in [6.07, 6.45) is 4.15. The number of aliphatic hydroxyl groups excluding tert-OH is 1. The van der Waals surface area contributed by atoms with Crippen molar-refractivity contribution in [2.24, 2.45) is 17.3 Å². The van der Waals surface area contributed by atoms with Gasteiger partial charge in [-0.25, -0.2) is 9.97 Å². The summed E-state index contributed by atoms with van der Waals surface area (Å²) in [6, 6.07) is 7.11. The smallest absolute Gasteiger partial charge is 0.268 e. The Bertz CT molecular complexity index is 1090. The molecule has 1 amide bonds. The highest BCUT2D eigenvalue weighted by Crippen LogP contribution is 2.37. The molecule has 0 radical (unpaired) electrons. The first-order chi connectivity index (χ1) is 16.6. The zero-order chi connectivity index (χ0) is 24.9. The van der Waals surface area contributed by atoms with Crippen molar-refractivity contribution >= 4 is 23.3 Å². The third kappa shape index (κ3) is 4.62. The number of nitrogens with zero attached hydrogens (tertiary/aromatic N) is 5. The summed E-state index contributed by atoms with van der Waals surface area (Å²) in [5.41, 5.74) is 0.903. The number of ether oxygens (including phenoxy) is 1. The van der Waals surface area contributed by atoms with Crippen molar-refractivity contribution in [2.45, 2.75) is 39.0 Å². The molecule has 1 N–H and O–H groups in total. The summed E-state index contributed by atoms with van der Waals surface area (Å²) in [5, 5.41) is 10.2. The van der Waals surface area contributed by atoms with E-state index in [4.69, 9.17) is 4.74 Å². The van der Waals surface area contributed by atoms with Crippen LogP contribution in [0.25, 0.3) is 0 Å². The zero-order valence-electron chi connectivity index (χ0n) is 20.7. The fourth-order valence-corrected chi connectivity index (χ4v) is 4.79. The SMILES string of the molecule is CN(C)C(O)C1CN(c2ncc(N3CC(C)(C)C(Oc4ccc(C(=O)C5CC5)cc4)C3=O)cn2)C1. The highest BCUT2D eigenvalue weighted by Gasteiger charge is 2.49. The average molecular weight is 480 g/mol. The Labute approximate surface area is 205 Å². The molecule has 2 unspecified atom stereocenters. The predicted octanol–water partition coefficient (Wildman–Crippen LogP) is 2.21. The molecular formula is C26H33N5O4. The number of aromatic nitrogens is 2. The third-order valence-electron chi connectivity index (χ3n) is 7.19. The minimum Gasteiger partial charge on any atom is -0.480 e. The molecule has 3 heterocycles. The highest BCUT2D eigenvalue weighted by atomic mass is 16.5. The molecule has 1 aromatic carbocycles. The van der Waals surface area contributed by atoms with E-state index in [-0.39, 0.29) is 23.5 Å². The van der Waals surface area contributed by atoms with Gasteiger partial charge in [0.05, 0.1) is 18.1 Å². The number of carbonyl (C=O) groups is 2. The molecule has 186 valence electrons. The van der Waals surface area contributed by atoms with E-state index in [2.05, 4.69) is 9.97 Å². The predicted molar refractivity (Wildman–Crippen MR) is 131 cm³/mol. The van der Waals surface area contributed by atoms with Gasteiger partial charge >= 0.3 is 0 Å². The van der Waals surface area contributed by atoms with Crippen molar-refractivity contribution in [1.29, 1.82) is 0 Å². The van der Waals surface area contributed by atoms with E-state index in [0.717, 1.165) is 12.8 Å². The molecular weight excluding hydrogens is 446 g/mol. The number of carbonyl (C=O) groups excluding carboxylic acids is 2. The largest absolute Gasteiger partial charge is 0.480 e. The van der Waals surface area contributed by atoms with E-state index in [1.54, 1.807) is 46.5 Å². The molecule has 3 aliphatic rings. The van der Waals surface area contributed by atoms with Gasteiger partial charge in [-0.2, -0.15) is 0 Å². The van der Waals surface area contributed by atoms with Crippen molar-refractivity contribution in [1.82, 2.24) is 14.9 Å². The second-order valence-corrected chi connectivity index (χ2v) is 10.9. The number of aliphatic hydroxyl groups is 1. The first-order valence-electron chi connectivity index (χ1n) is 12.2. The summed E-state index contributed by atoms with van der Waals surface area (Å²) in [7, 11) is 3.71. The normalized spacial score (nSPS) is 22.9. The number of hydrogen-bond donors (Lipinski definition) is 1. The van der Waals surface area contributed by atoms with Crippen LogP contribution in [0.5, 0.6) is 5.75 Å². The topological polar surface area (TPSA) is 99.1 Å². The Morgan fingerprint density at radius 2 is 1.77 bits per heavy atom. The molecule has 2 saturated heterocycles. The van der Waals surface area contributed by atoms with E-state index >= 15 is 0 Å². The van der Waals surface area contributed by atoms with Crippen LogP contribution in [0.2, 0.25) is 0 Å². The minimum atomic E-state index is -0.657. The van der Waals surface area contributed by atoms with Gasteiger partial charge in [-0.05, 0) is 51.2 Å². The standard InChI is InChI=1S/C26H33N5O4/c1-26(2)15-31(19-11-27-25(28-12-19)30-13-18(14-30)23(33)29(3)4)24(34)22(26)35-20-9-7-17(8-10-20)21(32)16-5-6-16/h7-12,16,18,22-23,33H,5-6,13-15H2,1-4H3. The third-order valence-corrected chi connectivity index (χ3v) is 7.19.